The summed E-state index contributed by atoms with van der Waals surface area (Å²) in [5.41, 5.74) is 6.91. The average molecular weight is 288 g/mol. The van der Waals surface area contributed by atoms with E-state index in [0.717, 1.165) is 5.56 Å². The number of rotatable bonds is 6. The average Bonchev–Trinajstić information content (AvgIpc) is 2.53. The number of hydrogen-bond donors (Lipinski definition) is 1. The summed E-state index contributed by atoms with van der Waals surface area (Å²) < 4.78 is 10.7. The molecule has 0 aliphatic heterocycles. The van der Waals surface area contributed by atoms with Crippen LogP contribution in [0.4, 0.5) is 5.69 Å². The Labute approximate surface area is 122 Å². The van der Waals surface area contributed by atoms with Crippen molar-refractivity contribution < 1.29 is 14.4 Å². The molecule has 0 bridgehead atoms. The molecule has 6 heteroatoms. The van der Waals surface area contributed by atoms with Gasteiger partial charge < -0.3 is 15.2 Å². The highest BCUT2D eigenvalue weighted by molar-refractivity contribution is 5.48. The monoisotopic (exact) mass is 288 g/mol. The molecule has 0 heterocycles. The number of nitro benzene ring substituents is 1. The second-order valence-corrected chi connectivity index (χ2v) is 4.42. The van der Waals surface area contributed by atoms with Crippen molar-refractivity contribution in [3.05, 3.63) is 64.2 Å². The molecule has 0 saturated heterocycles. The van der Waals surface area contributed by atoms with Crippen LogP contribution in [-0.2, 0) is 0 Å². The normalized spacial score (nSPS) is 11.7. The Morgan fingerprint density at radius 2 is 1.90 bits per heavy atom. The second-order valence-electron chi connectivity index (χ2n) is 4.42. The van der Waals surface area contributed by atoms with Crippen LogP contribution in [0.3, 0.4) is 0 Å². The summed E-state index contributed by atoms with van der Waals surface area (Å²) in [6.45, 7) is 0.196. The predicted molar refractivity (Wildman–Crippen MR) is 78.5 cm³/mol. The van der Waals surface area contributed by atoms with Crippen molar-refractivity contribution in [3.8, 4) is 11.5 Å². The van der Waals surface area contributed by atoms with Crippen LogP contribution >= 0.6 is 0 Å². The van der Waals surface area contributed by atoms with E-state index in [9.17, 15) is 10.1 Å². The fraction of sp³-hybridized carbons (Fsp3) is 0.200. The first-order valence-electron chi connectivity index (χ1n) is 6.37. The standard InChI is InChI=1S/C15H16N2O4/c1-20-14-8-7-12(17(18)19)9-15(14)21-10-13(16)11-5-3-2-4-6-11/h2-9,13H,10,16H2,1H3. The first-order valence-corrected chi connectivity index (χ1v) is 6.37. The fourth-order valence-corrected chi connectivity index (χ4v) is 1.87. The van der Waals surface area contributed by atoms with Crippen LogP contribution in [0.1, 0.15) is 11.6 Å². The molecule has 0 amide bonds. The molecular formula is C15H16N2O4. The first kappa shape index (κ1) is 14.8. The highest BCUT2D eigenvalue weighted by Gasteiger charge is 2.14. The second kappa shape index (κ2) is 6.71. The van der Waals surface area contributed by atoms with E-state index in [0.29, 0.717) is 11.5 Å². The minimum absolute atomic E-state index is 0.0564. The van der Waals surface area contributed by atoms with Gasteiger partial charge in [0.2, 0.25) is 0 Å². The lowest BCUT2D eigenvalue weighted by Gasteiger charge is -2.15. The molecule has 21 heavy (non-hydrogen) atoms. The molecule has 0 aliphatic carbocycles. The van der Waals surface area contributed by atoms with Gasteiger partial charge in [-0.05, 0) is 11.6 Å². The number of hydrogen-bond acceptors (Lipinski definition) is 5. The third-order valence-corrected chi connectivity index (χ3v) is 3.00. The molecule has 0 radical (unpaired) electrons. The molecule has 1 atom stereocenters. The molecule has 2 rings (SSSR count). The lowest BCUT2D eigenvalue weighted by molar-refractivity contribution is -0.385. The van der Waals surface area contributed by atoms with Crippen molar-refractivity contribution in [3.63, 3.8) is 0 Å². The van der Waals surface area contributed by atoms with Crippen LogP contribution in [0.25, 0.3) is 0 Å². The van der Waals surface area contributed by atoms with Gasteiger partial charge in [0.1, 0.15) is 6.61 Å². The number of non-ortho nitro benzene ring substituents is 1. The van der Waals surface area contributed by atoms with E-state index in [4.69, 9.17) is 15.2 Å². The molecule has 0 fully saturated rings. The Balaban J connectivity index is 2.11. The summed E-state index contributed by atoms with van der Waals surface area (Å²) in [6.07, 6.45) is 0. The largest absolute Gasteiger partial charge is 0.493 e. The Morgan fingerprint density at radius 1 is 1.19 bits per heavy atom. The van der Waals surface area contributed by atoms with Crippen molar-refractivity contribution in [2.24, 2.45) is 5.73 Å². The Bertz CT molecular complexity index is 616. The molecule has 0 spiro atoms. The van der Waals surface area contributed by atoms with Gasteiger partial charge in [0.25, 0.3) is 5.69 Å². The fourth-order valence-electron chi connectivity index (χ4n) is 1.87. The molecule has 6 nitrogen and oxygen atoms in total. The summed E-state index contributed by atoms with van der Waals surface area (Å²) >= 11 is 0. The SMILES string of the molecule is COc1ccc([N+](=O)[O-])cc1OCC(N)c1ccccc1. The third-order valence-electron chi connectivity index (χ3n) is 3.00. The van der Waals surface area contributed by atoms with Gasteiger partial charge >= 0.3 is 0 Å². The maximum Gasteiger partial charge on any atom is 0.273 e. The van der Waals surface area contributed by atoms with E-state index < -0.39 is 4.92 Å². The zero-order chi connectivity index (χ0) is 15.2. The smallest absolute Gasteiger partial charge is 0.273 e. The lowest BCUT2D eigenvalue weighted by atomic mass is 10.1. The van der Waals surface area contributed by atoms with Crippen LogP contribution in [-0.4, -0.2) is 18.6 Å². The molecule has 110 valence electrons. The van der Waals surface area contributed by atoms with Crippen LogP contribution in [0.15, 0.2) is 48.5 Å². The summed E-state index contributed by atoms with van der Waals surface area (Å²) in [6, 6.07) is 13.4. The molecular weight excluding hydrogens is 272 g/mol. The van der Waals surface area contributed by atoms with E-state index >= 15 is 0 Å². The van der Waals surface area contributed by atoms with Gasteiger partial charge in [-0.25, -0.2) is 0 Å². The molecule has 0 aliphatic rings. The first-order chi connectivity index (χ1) is 10.1. The van der Waals surface area contributed by atoms with Crippen molar-refractivity contribution in [2.75, 3.05) is 13.7 Å². The van der Waals surface area contributed by atoms with E-state index in [1.807, 2.05) is 30.3 Å². The van der Waals surface area contributed by atoms with Gasteiger partial charge in [0.05, 0.1) is 24.1 Å². The van der Waals surface area contributed by atoms with E-state index in [1.54, 1.807) is 0 Å². The van der Waals surface area contributed by atoms with E-state index in [2.05, 4.69) is 0 Å². The topological polar surface area (TPSA) is 87.6 Å². The molecule has 0 saturated carbocycles. The van der Waals surface area contributed by atoms with Gasteiger partial charge in [0, 0.05) is 6.07 Å². The number of benzene rings is 2. The number of ether oxygens (including phenoxy) is 2. The minimum atomic E-state index is -0.483. The number of nitrogens with two attached hydrogens (primary N) is 1. The summed E-state index contributed by atoms with van der Waals surface area (Å²) in [5.74, 6) is 0.735. The zero-order valence-electron chi connectivity index (χ0n) is 11.6. The van der Waals surface area contributed by atoms with Crippen molar-refractivity contribution in [1.29, 1.82) is 0 Å². The molecule has 2 N–H and O–H groups in total. The Morgan fingerprint density at radius 3 is 2.52 bits per heavy atom. The highest BCUT2D eigenvalue weighted by Crippen LogP contribution is 2.31. The molecule has 0 aromatic heterocycles. The number of nitro groups is 1. The van der Waals surface area contributed by atoms with Crippen molar-refractivity contribution in [2.45, 2.75) is 6.04 Å². The number of methoxy groups -OCH3 is 1. The summed E-state index contributed by atoms with van der Waals surface area (Å²) in [7, 11) is 1.48. The minimum Gasteiger partial charge on any atom is -0.493 e. The lowest BCUT2D eigenvalue weighted by Crippen LogP contribution is -2.19. The van der Waals surface area contributed by atoms with E-state index in [-0.39, 0.29) is 18.3 Å². The summed E-state index contributed by atoms with van der Waals surface area (Å²) in [5, 5.41) is 10.8. The van der Waals surface area contributed by atoms with Gasteiger partial charge in [-0.2, -0.15) is 0 Å². The zero-order valence-corrected chi connectivity index (χ0v) is 11.6. The number of nitrogens with zero attached hydrogens (tertiary/aromatic N) is 1. The maximum absolute atomic E-state index is 10.8. The van der Waals surface area contributed by atoms with Crippen molar-refractivity contribution >= 4 is 5.69 Å². The maximum atomic E-state index is 10.8. The van der Waals surface area contributed by atoms with Crippen LogP contribution in [0.5, 0.6) is 11.5 Å². The van der Waals surface area contributed by atoms with E-state index in [1.165, 1.54) is 25.3 Å². The molecule has 2 aromatic rings. The Hall–Kier alpha value is -2.60. The van der Waals surface area contributed by atoms with Gasteiger partial charge in [-0.15, -0.1) is 0 Å². The molecule has 2 aromatic carbocycles. The van der Waals surface area contributed by atoms with Gasteiger partial charge in [0.15, 0.2) is 11.5 Å². The third kappa shape index (κ3) is 3.70. The quantitative estimate of drug-likeness (QED) is 0.652. The van der Waals surface area contributed by atoms with Crippen LogP contribution in [0, 0.1) is 10.1 Å². The molecule has 1 unspecified atom stereocenters. The Kier molecular flexibility index (Phi) is 4.73. The summed E-state index contributed by atoms with van der Waals surface area (Å²) in [4.78, 5) is 10.3. The van der Waals surface area contributed by atoms with Crippen molar-refractivity contribution in [1.82, 2.24) is 0 Å². The van der Waals surface area contributed by atoms with Crippen LogP contribution < -0.4 is 15.2 Å². The highest BCUT2D eigenvalue weighted by atomic mass is 16.6. The predicted octanol–water partition coefficient (Wildman–Crippen LogP) is 2.68. The van der Waals surface area contributed by atoms with Gasteiger partial charge in [-0.3, -0.25) is 10.1 Å². The van der Waals surface area contributed by atoms with Gasteiger partial charge in [-0.1, -0.05) is 30.3 Å². The van der Waals surface area contributed by atoms with Crippen LogP contribution in [0.2, 0.25) is 0 Å².